The monoisotopic (exact) mass is 168 g/mol. The van der Waals surface area contributed by atoms with Crippen molar-refractivity contribution < 1.29 is 0 Å². The number of aryl methyl sites for hydroxylation is 2. The molecule has 0 aromatic heterocycles. The lowest BCUT2D eigenvalue weighted by Gasteiger charge is -1.98. The van der Waals surface area contributed by atoms with E-state index < -0.39 is 0 Å². The van der Waals surface area contributed by atoms with Gasteiger partial charge in [-0.15, -0.1) is 0 Å². The summed E-state index contributed by atoms with van der Waals surface area (Å²) >= 11 is 0. The quantitative estimate of drug-likeness (QED) is 0.580. The molecule has 1 aromatic carbocycles. The second kappa shape index (κ2) is 8.32. The van der Waals surface area contributed by atoms with Gasteiger partial charge in [0, 0.05) is 0 Å². The third-order valence-electron chi connectivity index (χ3n) is 1.64. The van der Waals surface area contributed by atoms with Crippen LogP contribution >= 0.6 is 0 Å². The second-order valence-electron chi connectivity index (χ2n) is 2.28. The van der Waals surface area contributed by atoms with Crippen LogP contribution in [0, 0.1) is 6.92 Å². The van der Waals surface area contributed by atoms with Gasteiger partial charge in [0.15, 0.2) is 0 Å². The summed E-state index contributed by atoms with van der Waals surface area (Å²) in [5.41, 5.74) is 2.86. The Balaban J connectivity index is -0.000000270. The van der Waals surface area contributed by atoms with E-state index in [1.165, 1.54) is 11.1 Å². The van der Waals surface area contributed by atoms with E-state index in [1.807, 2.05) is 0 Å². The molecule has 0 amide bonds. The summed E-state index contributed by atoms with van der Waals surface area (Å²) in [6, 6.07) is 8.49. The van der Waals surface area contributed by atoms with Crippen molar-refractivity contribution in [1.29, 1.82) is 0 Å². The van der Waals surface area contributed by atoms with Crippen LogP contribution in [0.4, 0.5) is 0 Å². The van der Waals surface area contributed by atoms with E-state index in [9.17, 15) is 0 Å². The minimum Gasteiger partial charge on any atom is -0.0776 e. The standard InChI is InChI=1S/C9H12.3CH4/c1-3-9-7-5-4-6-8(9)2;;;/h4-7H,3H2,1-2H3;3*1H4. The third-order valence-corrected chi connectivity index (χ3v) is 1.64. The molecule has 0 unspecified atom stereocenters. The molecular formula is C12H24. The molecule has 1 aromatic rings. The Morgan fingerprint density at radius 1 is 1.00 bits per heavy atom. The van der Waals surface area contributed by atoms with Crippen LogP contribution in [0.25, 0.3) is 0 Å². The molecule has 0 heteroatoms. The molecule has 0 N–H and O–H groups in total. The Hall–Kier alpha value is -0.780. The van der Waals surface area contributed by atoms with E-state index in [-0.39, 0.29) is 22.3 Å². The lowest BCUT2D eigenvalue weighted by atomic mass is 10.1. The normalized spacial score (nSPS) is 7.17. The van der Waals surface area contributed by atoms with Gasteiger partial charge in [-0.1, -0.05) is 53.5 Å². The highest BCUT2D eigenvalue weighted by molar-refractivity contribution is 5.24. The van der Waals surface area contributed by atoms with Crippen molar-refractivity contribution in [2.75, 3.05) is 0 Å². The van der Waals surface area contributed by atoms with Crippen LogP contribution in [0.5, 0.6) is 0 Å². The zero-order valence-electron chi connectivity index (χ0n) is 6.02. The minimum absolute atomic E-state index is 0. The molecule has 0 aliphatic carbocycles. The Labute approximate surface area is 78.6 Å². The molecule has 72 valence electrons. The van der Waals surface area contributed by atoms with Gasteiger partial charge in [-0.3, -0.25) is 0 Å². The van der Waals surface area contributed by atoms with E-state index in [0.717, 1.165) is 6.42 Å². The molecule has 0 saturated carbocycles. The fourth-order valence-corrected chi connectivity index (χ4v) is 1.01. The zero-order chi connectivity index (χ0) is 6.69. The van der Waals surface area contributed by atoms with Gasteiger partial charge in [-0.25, -0.2) is 0 Å². The van der Waals surface area contributed by atoms with Crippen molar-refractivity contribution in [2.45, 2.75) is 42.5 Å². The maximum Gasteiger partial charge on any atom is -0.0305 e. The largest absolute Gasteiger partial charge is 0.0776 e. The highest BCUT2D eigenvalue weighted by atomic mass is 13.9. The minimum atomic E-state index is 0. The van der Waals surface area contributed by atoms with Gasteiger partial charge in [0.25, 0.3) is 0 Å². The number of benzene rings is 1. The molecule has 0 radical (unpaired) electrons. The maximum absolute atomic E-state index is 2.18. The maximum atomic E-state index is 2.18. The third kappa shape index (κ3) is 4.17. The summed E-state index contributed by atoms with van der Waals surface area (Å²) in [5.74, 6) is 0. The topological polar surface area (TPSA) is 0 Å². The van der Waals surface area contributed by atoms with Crippen molar-refractivity contribution >= 4 is 0 Å². The molecular weight excluding hydrogens is 144 g/mol. The van der Waals surface area contributed by atoms with Crippen molar-refractivity contribution in [3.63, 3.8) is 0 Å². The first-order chi connectivity index (χ1) is 4.34. The molecule has 0 bridgehead atoms. The SMILES string of the molecule is C.C.C.CCc1ccccc1C. The van der Waals surface area contributed by atoms with E-state index >= 15 is 0 Å². The molecule has 0 spiro atoms. The van der Waals surface area contributed by atoms with Crippen molar-refractivity contribution in [1.82, 2.24) is 0 Å². The second-order valence-corrected chi connectivity index (χ2v) is 2.28. The van der Waals surface area contributed by atoms with Crippen LogP contribution in [0.15, 0.2) is 24.3 Å². The van der Waals surface area contributed by atoms with Crippen molar-refractivity contribution in [2.24, 2.45) is 0 Å². The van der Waals surface area contributed by atoms with E-state index in [4.69, 9.17) is 0 Å². The number of rotatable bonds is 1. The molecule has 0 fully saturated rings. The predicted octanol–water partition coefficient (Wildman–Crippen LogP) is 4.47. The highest BCUT2D eigenvalue weighted by Gasteiger charge is 1.89. The first-order valence-corrected chi connectivity index (χ1v) is 3.39. The van der Waals surface area contributed by atoms with Crippen LogP contribution in [-0.4, -0.2) is 0 Å². The smallest absolute Gasteiger partial charge is 0.0305 e. The van der Waals surface area contributed by atoms with E-state index in [0.29, 0.717) is 0 Å². The average Bonchev–Trinajstić information content (AvgIpc) is 1.89. The first-order valence-electron chi connectivity index (χ1n) is 3.39. The molecule has 0 heterocycles. The molecule has 0 nitrogen and oxygen atoms in total. The van der Waals surface area contributed by atoms with Gasteiger partial charge in [-0.05, 0) is 24.5 Å². The van der Waals surface area contributed by atoms with Crippen LogP contribution in [0.2, 0.25) is 0 Å². The Kier molecular flexibility index (Phi) is 12.0. The summed E-state index contributed by atoms with van der Waals surface area (Å²) in [7, 11) is 0. The Morgan fingerprint density at radius 3 is 1.83 bits per heavy atom. The van der Waals surface area contributed by atoms with E-state index in [2.05, 4.69) is 38.1 Å². The lowest BCUT2D eigenvalue weighted by molar-refractivity contribution is 1.11. The lowest BCUT2D eigenvalue weighted by Crippen LogP contribution is -1.82. The van der Waals surface area contributed by atoms with Gasteiger partial charge in [-0.2, -0.15) is 0 Å². The van der Waals surface area contributed by atoms with Gasteiger partial charge >= 0.3 is 0 Å². The predicted molar refractivity (Wildman–Crippen MR) is 60.8 cm³/mol. The summed E-state index contributed by atoms with van der Waals surface area (Å²) in [6.45, 7) is 4.33. The fourth-order valence-electron chi connectivity index (χ4n) is 1.01. The molecule has 0 aliphatic rings. The summed E-state index contributed by atoms with van der Waals surface area (Å²) in [4.78, 5) is 0. The summed E-state index contributed by atoms with van der Waals surface area (Å²) < 4.78 is 0. The van der Waals surface area contributed by atoms with Crippen LogP contribution in [0.1, 0.15) is 40.3 Å². The fraction of sp³-hybridized carbons (Fsp3) is 0.500. The van der Waals surface area contributed by atoms with Gasteiger partial charge in [0.2, 0.25) is 0 Å². The van der Waals surface area contributed by atoms with Crippen molar-refractivity contribution in [3.8, 4) is 0 Å². The summed E-state index contributed by atoms with van der Waals surface area (Å²) in [5, 5.41) is 0. The van der Waals surface area contributed by atoms with Gasteiger partial charge < -0.3 is 0 Å². The van der Waals surface area contributed by atoms with Gasteiger partial charge in [0.1, 0.15) is 0 Å². The van der Waals surface area contributed by atoms with Crippen LogP contribution in [-0.2, 0) is 6.42 Å². The zero-order valence-corrected chi connectivity index (χ0v) is 6.02. The highest BCUT2D eigenvalue weighted by Crippen LogP contribution is 2.06. The Morgan fingerprint density at radius 2 is 1.50 bits per heavy atom. The summed E-state index contributed by atoms with van der Waals surface area (Å²) in [6.07, 6.45) is 1.15. The molecule has 12 heavy (non-hydrogen) atoms. The van der Waals surface area contributed by atoms with Gasteiger partial charge in [0.05, 0.1) is 0 Å². The first kappa shape index (κ1) is 17.3. The number of hydrogen-bond donors (Lipinski definition) is 0. The molecule has 0 aliphatic heterocycles. The van der Waals surface area contributed by atoms with Crippen LogP contribution in [0.3, 0.4) is 0 Å². The molecule has 0 saturated heterocycles. The Bertz CT molecular complexity index is 189. The van der Waals surface area contributed by atoms with E-state index in [1.54, 1.807) is 0 Å². The van der Waals surface area contributed by atoms with Crippen molar-refractivity contribution in [3.05, 3.63) is 35.4 Å². The number of hydrogen-bond acceptors (Lipinski definition) is 0. The molecule has 1 rings (SSSR count). The average molecular weight is 168 g/mol. The van der Waals surface area contributed by atoms with Crippen LogP contribution < -0.4 is 0 Å². The molecule has 0 atom stereocenters.